The molecule has 0 radical (unpaired) electrons. The molecule has 1 amide bonds. The zero-order valence-corrected chi connectivity index (χ0v) is 15.5. The largest absolute Gasteiger partial charge is 0.496 e. The summed E-state index contributed by atoms with van der Waals surface area (Å²) in [5.41, 5.74) is 2.16. The molecular formula is C21H21FN4O2. The molecule has 0 saturated carbocycles. The van der Waals surface area contributed by atoms with E-state index in [0.29, 0.717) is 31.1 Å². The van der Waals surface area contributed by atoms with E-state index >= 15 is 0 Å². The van der Waals surface area contributed by atoms with Gasteiger partial charge in [-0.15, -0.1) is 0 Å². The minimum absolute atomic E-state index is 0.253. The van der Waals surface area contributed by atoms with Crippen LogP contribution < -0.4 is 15.4 Å². The lowest BCUT2D eigenvalue weighted by atomic mass is 10.1. The summed E-state index contributed by atoms with van der Waals surface area (Å²) in [5.74, 6) is 0.722. The van der Waals surface area contributed by atoms with Gasteiger partial charge in [0.2, 0.25) is 0 Å². The van der Waals surface area contributed by atoms with Gasteiger partial charge in [0.15, 0.2) is 0 Å². The maximum atomic E-state index is 12.9. The van der Waals surface area contributed by atoms with Crippen LogP contribution in [0.5, 0.6) is 5.75 Å². The molecule has 0 aliphatic heterocycles. The Morgan fingerprint density at radius 1 is 1.11 bits per heavy atom. The summed E-state index contributed by atoms with van der Waals surface area (Å²) >= 11 is 0. The first kappa shape index (κ1) is 19.3. The Balaban J connectivity index is 1.54. The molecule has 0 bridgehead atoms. The topological polar surface area (TPSA) is 76.1 Å². The monoisotopic (exact) mass is 380 g/mol. The summed E-state index contributed by atoms with van der Waals surface area (Å²) in [7, 11) is 1.59. The molecule has 0 unspecified atom stereocenters. The number of rotatable bonds is 8. The molecule has 0 fully saturated rings. The fourth-order valence-corrected chi connectivity index (χ4v) is 2.68. The van der Waals surface area contributed by atoms with Crippen molar-refractivity contribution in [2.75, 3.05) is 19.0 Å². The molecule has 3 aromatic rings. The average molecular weight is 380 g/mol. The van der Waals surface area contributed by atoms with E-state index in [1.54, 1.807) is 25.3 Å². The van der Waals surface area contributed by atoms with E-state index in [2.05, 4.69) is 20.6 Å². The summed E-state index contributed by atoms with van der Waals surface area (Å²) in [6, 6.07) is 15.4. The summed E-state index contributed by atoms with van der Waals surface area (Å²) in [4.78, 5) is 20.6. The Bertz CT molecular complexity index is 932. The Morgan fingerprint density at radius 2 is 1.89 bits per heavy atom. The quantitative estimate of drug-likeness (QED) is 0.628. The molecule has 1 heterocycles. The Labute approximate surface area is 162 Å². The van der Waals surface area contributed by atoms with E-state index in [0.717, 1.165) is 11.1 Å². The van der Waals surface area contributed by atoms with Crippen molar-refractivity contribution in [3.63, 3.8) is 0 Å². The highest BCUT2D eigenvalue weighted by atomic mass is 19.1. The predicted octanol–water partition coefficient (Wildman–Crippen LogP) is 3.21. The first-order chi connectivity index (χ1) is 13.7. The number of benzene rings is 2. The average Bonchev–Trinajstić information content (AvgIpc) is 2.74. The van der Waals surface area contributed by atoms with Crippen molar-refractivity contribution in [3.8, 4) is 5.75 Å². The number of carbonyl (C=O) groups is 1. The Hall–Kier alpha value is -3.48. The number of para-hydroxylation sites is 1. The van der Waals surface area contributed by atoms with Crippen LogP contribution in [0.4, 0.5) is 10.2 Å². The van der Waals surface area contributed by atoms with Crippen molar-refractivity contribution < 1.29 is 13.9 Å². The van der Waals surface area contributed by atoms with E-state index in [1.165, 1.54) is 18.5 Å². The number of nitrogens with zero attached hydrogens (tertiary/aromatic N) is 2. The number of hydrogen-bond donors (Lipinski definition) is 2. The lowest BCUT2D eigenvalue weighted by Gasteiger charge is -2.10. The third kappa shape index (κ3) is 5.26. The van der Waals surface area contributed by atoms with Gasteiger partial charge in [-0.3, -0.25) is 4.79 Å². The van der Waals surface area contributed by atoms with Gasteiger partial charge in [0, 0.05) is 24.7 Å². The second-order valence-electron chi connectivity index (χ2n) is 6.09. The molecule has 2 aromatic carbocycles. The van der Waals surface area contributed by atoms with Crippen LogP contribution in [0, 0.1) is 5.82 Å². The maximum absolute atomic E-state index is 12.9. The van der Waals surface area contributed by atoms with Crippen LogP contribution in [-0.4, -0.2) is 29.5 Å². The number of nitrogens with one attached hydrogen (secondary N) is 2. The predicted molar refractivity (Wildman–Crippen MR) is 105 cm³/mol. The lowest BCUT2D eigenvalue weighted by Crippen LogP contribution is -2.24. The van der Waals surface area contributed by atoms with Gasteiger partial charge in [0.1, 0.15) is 29.4 Å². The first-order valence-corrected chi connectivity index (χ1v) is 8.86. The highest BCUT2D eigenvalue weighted by molar-refractivity contribution is 5.92. The number of amides is 1. The van der Waals surface area contributed by atoms with Gasteiger partial charge < -0.3 is 15.4 Å². The number of carbonyl (C=O) groups excluding carboxylic acids is 1. The van der Waals surface area contributed by atoms with Crippen LogP contribution in [-0.2, 0) is 13.0 Å². The van der Waals surface area contributed by atoms with Crippen LogP contribution >= 0.6 is 0 Å². The van der Waals surface area contributed by atoms with Crippen molar-refractivity contribution in [1.29, 1.82) is 0 Å². The fourth-order valence-electron chi connectivity index (χ4n) is 2.68. The van der Waals surface area contributed by atoms with Crippen molar-refractivity contribution >= 4 is 11.7 Å². The second-order valence-corrected chi connectivity index (χ2v) is 6.09. The molecule has 3 rings (SSSR count). The Kier molecular flexibility index (Phi) is 6.51. The molecule has 0 aliphatic rings. The molecule has 1 aromatic heterocycles. The number of methoxy groups -OCH3 is 1. The summed E-state index contributed by atoms with van der Waals surface area (Å²) in [5, 5.41) is 5.98. The van der Waals surface area contributed by atoms with Crippen molar-refractivity contribution in [3.05, 3.63) is 83.6 Å². The number of anilines is 1. The fraction of sp³-hybridized carbons (Fsp3) is 0.190. The zero-order chi connectivity index (χ0) is 19.8. The first-order valence-electron chi connectivity index (χ1n) is 8.86. The highest BCUT2D eigenvalue weighted by Gasteiger charge is 2.10. The van der Waals surface area contributed by atoms with Gasteiger partial charge in [-0.05, 0) is 30.2 Å². The number of halogens is 1. The smallest absolute Gasteiger partial charge is 0.270 e. The number of ether oxygens (including phenoxy) is 1. The van der Waals surface area contributed by atoms with E-state index in [1.807, 2.05) is 24.3 Å². The van der Waals surface area contributed by atoms with Gasteiger partial charge >= 0.3 is 0 Å². The normalized spacial score (nSPS) is 10.4. The van der Waals surface area contributed by atoms with Gasteiger partial charge in [-0.25, -0.2) is 14.4 Å². The van der Waals surface area contributed by atoms with Gasteiger partial charge in [-0.2, -0.15) is 0 Å². The van der Waals surface area contributed by atoms with Crippen LogP contribution in [0.15, 0.2) is 60.9 Å². The van der Waals surface area contributed by atoms with E-state index in [4.69, 9.17) is 4.74 Å². The summed E-state index contributed by atoms with van der Waals surface area (Å²) < 4.78 is 18.2. The lowest BCUT2D eigenvalue weighted by molar-refractivity contribution is 0.0945. The van der Waals surface area contributed by atoms with Gasteiger partial charge in [0.25, 0.3) is 5.91 Å². The SMILES string of the molecule is COc1ccccc1CNC(=O)c1cc(NCCc2ccc(F)cc2)ncn1. The minimum Gasteiger partial charge on any atom is -0.496 e. The minimum atomic E-state index is -0.296. The molecular weight excluding hydrogens is 359 g/mol. The van der Waals surface area contributed by atoms with Gasteiger partial charge in [0.05, 0.1) is 7.11 Å². The molecule has 0 saturated heterocycles. The summed E-state index contributed by atoms with van der Waals surface area (Å²) in [6.07, 6.45) is 2.05. The van der Waals surface area contributed by atoms with Crippen LogP contribution in [0.1, 0.15) is 21.6 Å². The van der Waals surface area contributed by atoms with Crippen molar-refractivity contribution in [2.45, 2.75) is 13.0 Å². The molecule has 2 N–H and O–H groups in total. The van der Waals surface area contributed by atoms with Crippen LogP contribution in [0.2, 0.25) is 0 Å². The highest BCUT2D eigenvalue weighted by Crippen LogP contribution is 2.17. The zero-order valence-electron chi connectivity index (χ0n) is 15.5. The van der Waals surface area contributed by atoms with Crippen LogP contribution in [0.25, 0.3) is 0 Å². The Morgan fingerprint density at radius 3 is 2.68 bits per heavy atom. The molecule has 7 heteroatoms. The second kappa shape index (κ2) is 9.45. The maximum Gasteiger partial charge on any atom is 0.270 e. The van der Waals surface area contributed by atoms with Crippen molar-refractivity contribution in [1.82, 2.24) is 15.3 Å². The third-order valence-corrected chi connectivity index (χ3v) is 4.16. The van der Waals surface area contributed by atoms with Crippen molar-refractivity contribution in [2.24, 2.45) is 0 Å². The van der Waals surface area contributed by atoms with Crippen LogP contribution in [0.3, 0.4) is 0 Å². The summed E-state index contributed by atoms with van der Waals surface area (Å²) in [6.45, 7) is 0.936. The van der Waals surface area contributed by atoms with E-state index in [-0.39, 0.29) is 17.4 Å². The van der Waals surface area contributed by atoms with E-state index in [9.17, 15) is 9.18 Å². The van der Waals surface area contributed by atoms with Gasteiger partial charge in [-0.1, -0.05) is 30.3 Å². The van der Waals surface area contributed by atoms with E-state index < -0.39 is 0 Å². The molecule has 28 heavy (non-hydrogen) atoms. The molecule has 144 valence electrons. The molecule has 0 aliphatic carbocycles. The standard InChI is InChI=1S/C21H21FN4O2/c1-28-19-5-3-2-4-16(19)13-24-21(27)18-12-20(26-14-25-18)23-11-10-15-6-8-17(22)9-7-15/h2-9,12,14H,10-11,13H2,1H3,(H,24,27)(H,23,25,26). The third-order valence-electron chi connectivity index (χ3n) is 4.16. The molecule has 0 atom stereocenters. The molecule has 0 spiro atoms. The molecule has 6 nitrogen and oxygen atoms in total. The number of aromatic nitrogens is 2. The number of hydrogen-bond acceptors (Lipinski definition) is 5.